The van der Waals surface area contributed by atoms with E-state index in [-0.39, 0.29) is 0 Å². The number of carbonyl (C=O) groups is 2. The molecule has 0 fully saturated rings. The average molecular weight is 214 g/mol. The number of carbonyl (C=O) groups excluding carboxylic acids is 2. The van der Waals surface area contributed by atoms with Crippen LogP contribution < -0.4 is 0 Å². The normalized spacial score (nSPS) is 25.4. The Hall–Kier alpha value is -1.36. The minimum atomic E-state index is -0.934. The molecule has 5 nitrogen and oxygen atoms in total. The summed E-state index contributed by atoms with van der Waals surface area (Å²) in [5, 5.41) is 9.57. The van der Waals surface area contributed by atoms with E-state index in [2.05, 4.69) is 4.74 Å². The van der Waals surface area contributed by atoms with E-state index in [4.69, 9.17) is 4.74 Å². The molecule has 15 heavy (non-hydrogen) atoms. The molecule has 2 unspecified atom stereocenters. The van der Waals surface area contributed by atoms with Gasteiger partial charge in [0, 0.05) is 12.5 Å². The molecule has 0 aromatic rings. The molecule has 1 N–H and O–H groups in total. The fourth-order valence-electron chi connectivity index (χ4n) is 1.51. The van der Waals surface area contributed by atoms with Gasteiger partial charge in [0.1, 0.15) is 12.2 Å². The zero-order valence-corrected chi connectivity index (χ0v) is 8.73. The first kappa shape index (κ1) is 11.7. The molecule has 0 aromatic carbocycles. The van der Waals surface area contributed by atoms with Gasteiger partial charge in [-0.15, -0.1) is 0 Å². The second-order valence-electron chi connectivity index (χ2n) is 3.36. The Balaban J connectivity index is 2.64. The van der Waals surface area contributed by atoms with Crippen molar-refractivity contribution in [2.24, 2.45) is 0 Å². The maximum absolute atomic E-state index is 11.1. The Labute approximate surface area is 87.7 Å². The van der Waals surface area contributed by atoms with Gasteiger partial charge < -0.3 is 14.6 Å². The molecule has 0 aromatic heterocycles. The summed E-state index contributed by atoms with van der Waals surface area (Å²) in [7, 11) is 1.29. The van der Waals surface area contributed by atoms with Crippen molar-refractivity contribution in [3.05, 3.63) is 11.6 Å². The van der Waals surface area contributed by atoms with E-state index in [0.717, 1.165) is 0 Å². The lowest BCUT2D eigenvalue weighted by molar-refractivity contribution is -0.151. The first-order chi connectivity index (χ1) is 7.04. The molecule has 0 aliphatic heterocycles. The molecule has 0 saturated carbocycles. The molecule has 0 heterocycles. The van der Waals surface area contributed by atoms with Gasteiger partial charge in [-0.2, -0.15) is 0 Å². The number of hydrogen-bond acceptors (Lipinski definition) is 5. The van der Waals surface area contributed by atoms with Gasteiger partial charge in [0.15, 0.2) is 0 Å². The van der Waals surface area contributed by atoms with E-state index >= 15 is 0 Å². The second-order valence-corrected chi connectivity index (χ2v) is 3.36. The van der Waals surface area contributed by atoms with Gasteiger partial charge in [-0.1, -0.05) is 0 Å². The van der Waals surface area contributed by atoms with Crippen molar-refractivity contribution in [3.63, 3.8) is 0 Å². The molecule has 0 radical (unpaired) electrons. The van der Waals surface area contributed by atoms with Crippen LogP contribution in [0.15, 0.2) is 11.6 Å². The van der Waals surface area contributed by atoms with Crippen LogP contribution in [0.25, 0.3) is 0 Å². The third kappa shape index (κ3) is 3.06. The standard InChI is InChI=1S/C10H14O5/c1-6(11)15-9-4-3-7(5-8(9)12)10(13)14-2/h5,8-9,12H,3-4H2,1-2H3. The number of ether oxygens (including phenoxy) is 2. The van der Waals surface area contributed by atoms with Crippen LogP contribution in [0.5, 0.6) is 0 Å². The molecule has 2 atom stereocenters. The van der Waals surface area contributed by atoms with E-state index in [1.807, 2.05) is 0 Å². The SMILES string of the molecule is COC(=O)C1=CC(O)C(OC(C)=O)CC1. The first-order valence-electron chi connectivity index (χ1n) is 4.69. The van der Waals surface area contributed by atoms with Crippen molar-refractivity contribution < 1.29 is 24.2 Å². The van der Waals surface area contributed by atoms with Crippen molar-refractivity contribution in [2.75, 3.05) is 7.11 Å². The van der Waals surface area contributed by atoms with Crippen LogP contribution in [-0.2, 0) is 19.1 Å². The fraction of sp³-hybridized carbons (Fsp3) is 0.600. The molecule has 0 saturated heterocycles. The van der Waals surface area contributed by atoms with Crippen LogP contribution in [0.2, 0.25) is 0 Å². The number of hydrogen-bond donors (Lipinski definition) is 1. The number of methoxy groups -OCH3 is 1. The minimum absolute atomic E-state index is 0.424. The monoisotopic (exact) mass is 214 g/mol. The topological polar surface area (TPSA) is 72.8 Å². The summed E-state index contributed by atoms with van der Waals surface area (Å²) < 4.78 is 9.41. The maximum Gasteiger partial charge on any atom is 0.333 e. The average Bonchev–Trinajstić information content (AvgIpc) is 2.19. The Morgan fingerprint density at radius 3 is 2.67 bits per heavy atom. The highest BCUT2D eigenvalue weighted by Crippen LogP contribution is 2.22. The van der Waals surface area contributed by atoms with Gasteiger partial charge in [0.25, 0.3) is 0 Å². The number of rotatable bonds is 2. The third-order valence-corrected chi connectivity index (χ3v) is 2.22. The van der Waals surface area contributed by atoms with Gasteiger partial charge >= 0.3 is 11.9 Å². The largest absolute Gasteiger partial charge is 0.466 e. The van der Waals surface area contributed by atoms with Gasteiger partial charge in [-0.05, 0) is 18.9 Å². The van der Waals surface area contributed by atoms with E-state index in [0.29, 0.717) is 18.4 Å². The number of aliphatic hydroxyl groups is 1. The van der Waals surface area contributed by atoms with Gasteiger partial charge in [-0.3, -0.25) is 4.79 Å². The third-order valence-electron chi connectivity index (χ3n) is 2.22. The summed E-state index contributed by atoms with van der Waals surface area (Å²) in [4.78, 5) is 21.8. The molecule has 0 amide bonds. The van der Waals surface area contributed by atoms with Crippen molar-refractivity contribution in [1.29, 1.82) is 0 Å². The van der Waals surface area contributed by atoms with Gasteiger partial charge in [0.05, 0.1) is 7.11 Å². The van der Waals surface area contributed by atoms with Gasteiger partial charge in [-0.25, -0.2) is 4.79 Å². The Morgan fingerprint density at radius 2 is 2.20 bits per heavy atom. The molecular formula is C10H14O5. The van der Waals surface area contributed by atoms with E-state index in [1.165, 1.54) is 20.1 Å². The van der Waals surface area contributed by atoms with Crippen LogP contribution in [0, 0.1) is 0 Å². The molecule has 1 aliphatic carbocycles. The molecule has 84 valence electrons. The summed E-state index contributed by atoms with van der Waals surface area (Å²) in [5.74, 6) is -0.885. The quantitative estimate of drug-likeness (QED) is 0.663. The lowest BCUT2D eigenvalue weighted by Crippen LogP contribution is -2.33. The Kier molecular flexibility index (Phi) is 3.85. The molecule has 0 bridgehead atoms. The van der Waals surface area contributed by atoms with Crippen LogP contribution in [0.4, 0.5) is 0 Å². The summed E-state index contributed by atoms with van der Waals surface area (Å²) in [6, 6.07) is 0. The first-order valence-corrected chi connectivity index (χ1v) is 4.69. The van der Waals surface area contributed by atoms with Crippen molar-refractivity contribution in [2.45, 2.75) is 32.0 Å². The fourth-order valence-corrected chi connectivity index (χ4v) is 1.51. The van der Waals surface area contributed by atoms with Gasteiger partial charge in [0.2, 0.25) is 0 Å². The lowest BCUT2D eigenvalue weighted by atomic mass is 9.95. The minimum Gasteiger partial charge on any atom is -0.466 e. The zero-order valence-electron chi connectivity index (χ0n) is 8.73. The van der Waals surface area contributed by atoms with Crippen LogP contribution >= 0.6 is 0 Å². The van der Waals surface area contributed by atoms with Crippen LogP contribution in [0.1, 0.15) is 19.8 Å². The molecule has 1 rings (SSSR count). The molecule has 1 aliphatic rings. The zero-order chi connectivity index (χ0) is 11.4. The summed E-state index contributed by atoms with van der Waals surface area (Å²) >= 11 is 0. The predicted octanol–water partition coefficient (Wildman–Crippen LogP) is 0.172. The summed E-state index contributed by atoms with van der Waals surface area (Å²) in [5.41, 5.74) is 0.424. The highest BCUT2D eigenvalue weighted by atomic mass is 16.6. The Morgan fingerprint density at radius 1 is 1.53 bits per heavy atom. The van der Waals surface area contributed by atoms with Crippen LogP contribution in [0.3, 0.4) is 0 Å². The highest BCUT2D eigenvalue weighted by Gasteiger charge is 2.28. The molecule has 0 spiro atoms. The highest BCUT2D eigenvalue weighted by molar-refractivity contribution is 5.88. The second kappa shape index (κ2) is 4.93. The van der Waals surface area contributed by atoms with Crippen molar-refractivity contribution >= 4 is 11.9 Å². The summed E-state index contributed by atoms with van der Waals surface area (Å²) in [6.45, 7) is 1.28. The smallest absolute Gasteiger partial charge is 0.333 e. The summed E-state index contributed by atoms with van der Waals surface area (Å²) in [6.07, 6.45) is 0.763. The molecule has 5 heteroatoms. The van der Waals surface area contributed by atoms with Crippen LogP contribution in [-0.4, -0.2) is 36.4 Å². The van der Waals surface area contributed by atoms with Crippen molar-refractivity contribution in [1.82, 2.24) is 0 Å². The van der Waals surface area contributed by atoms with E-state index in [9.17, 15) is 14.7 Å². The van der Waals surface area contributed by atoms with E-state index < -0.39 is 24.1 Å². The number of aliphatic hydroxyl groups excluding tert-OH is 1. The van der Waals surface area contributed by atoms with Crippen molar-refractivity contribution in [3.8, 4) is 0 Å². The maximum atomic E-state index is 11.1. The molecular weight excluding hydrogens is 200 g/mol. The lowest BCUT2D eigenvalue weighted by Gasteiger charge is -2.25. The van der Waals surface area contributed by atoms with E-state index in [1.54, 1.807) is 0 Å². The Bertz CT molecular complexity index is 294. The predicted molar refractivity (Wildman–Crippen MR) is 50.9 cm³/mol. The number of esters is 2.